The van der Waals surface area contributed by atoms with E-state index >= 15 is 0 Å². The zero-order valence-corrected chi connectivity index (χ0v) is 16.4. The van der Waals surface area contributed by atoms with Crippen LogP contribution >= 0.6 is 39.1 Å². The summed E-state index contributed by atoms with van der Waals surface area (Å²) in [6.07, 6.45) is 1.32. The van der Waals surface area contributed by atoms with Gasteiger partial charge in [-0.3, -0.25) is 0 Å². The third kappa shape index (κ3) is 5.89. The molecule has 0 bridgehead atoms. The summed E-state index contributed by atoms with van der Waals surface area (Å²) in [5.41, 5.74) is 12.8. The fourth-order valence-corrected chi connectivity index (χ4v) is 2.63. The van der Waals surface area contributed by atoms with Crippen LogP contribution in [0.25, 0.3) is 0 Å². The van der Waals surface area contributed by atoms with Gasteiger partial charge in [-0.05, 0) is 59.0 Å². The molecule has 0 aromatic carbocycles. The standard InChI is InChI=1S/C15H19BrCl2N4O2/c1-8(13(17)19)9(14(18)20)4-3-7-21-11-6-5-10(16)12(22-11)15(23)24-2/h5-6H,3-4,7,19-20H2,1-2H3,(H,21,22)/b13-8?,14-9-. The van der Waals surface area contributed by atoms with Gasteiger partial charge in [-0.1, -0.05) is 23.2 Å². The van der Waals surface area contributed by atoms with Gasteiger partial charge in [0, 0.05) is 6.54 Å². The number of hydrogen-bond acceptors (Lipinski definition) is 6. The van der Waals surface area contributed by atoms with E-state index in [-0.39, 0.29) is 16.0 Å². The number of pyridine rings is 1. The van der Waals surface area contributed by atoms with E-state index in [0.717, 1.165) is 6.42 Å². The van der Waals surface area contributed by atoms with Gasteiger partial charge >= 0.3 is 5.97 Å². The number of allylic oxidation sites excluding steroid dienone is 2. The lowest BCUT2D eigenvalue weighted by atomic mass is 10.0. The van der Waals surface area contributed by atoms with E-state index in [2.05, 4.69) is 31.0 Å². The highest BCUT2D eigenvalue weighted by Gasteiger charge is 2.13. The third-order valence-electron chi connectivity index (χ3n) is 3.23. The zero-order valence-electron chi connectivity index (χ0n) is 13.3. The number of carbonyl (C=O) groups excluding carboxylic acids is 1. The van der Waals surface area contributed by atoms with Gasteiger partial charge in [-0.15, -0.1) is 0 Å². The SMILES string of the molecule is COC(=O)c1nc(NCCC/C(C(C)=C(N)Cl)=C(/N)Cl)ccc1Br. The molecule has 0 unspecified atom stereocenters. The maximum atomic E-state index is 11.6. The van der Waals surface area contributed by atoms with Gasteiger partial charge in [0.05, 0.1) is 11.6 Å². The smallest absolute Gasteiger partial charge is 0.357 e. The number of anilines is 1. The summed E-state index contributed by atoms with van der Waals surface area (Å²) < 4.78 is 5.25. The molecule has 0 amide bonds. The quantitative estimate of drug-likeness (QED) is 0.260. The van der Waals surface area contributed by atoms with Crippen molar-refractivity contribution in [3.8, 4) is 0 Å². The molecule has 0 aliphatic heterocycles. The highest BCUT2D eigenvalue weighted by atomic mass is 79.9. The number of methoxy groups -OCH3 is 1. The van der Waals surface area contributed by atoms with E-state index in [1.54, 1.807) is 19.1 Å². The Morgan fingerprint density at radius 3 is 2.54 bits per heavy atom. The number of hydrogen-bond donors (Lipinski definition) is 3. The molecule has 1 aromatic heterocycles. The summed E-state index contributed by atoms with van der Waals surface area (Å²) in [5, 5.41) is 3.46. The number of halogens is 3. The van der Waals surface area contributed by atoms with Crippen LogP contribution in [0, 0.1) is 0 Å². The summed E-state index contributed by atoms with van der Waals surface area (Å²) in [7, 11) is 1.30. The Balaban J connectivity index is 2.67. The number of carbonyl (C=O) groups is 1. The third-order valence-corrected chi connectivity index (χ3v) is 4.39. The van der Waals surface area contributed by atoms with Gasteiger partial charge < -0.3 is 21.5 Å². The molecule has 0 aliphatic rings. The first kappa shape index (κ1) is 20.6. The highest BCUT2D eigenvalue weighted by molar-refractivity contribution is 9.10. The average Bonchev–Trinajstić information content (AvgIpc) is 2.54. The summed E-state index contributed by atoms with van der Waals surface area (Å²) in [6, 6.07) is 3.48. The van der Waals surface area contributed by atoms with Crippen molar-refractivity contribution < 1.29 is 9.53 Å². The molecule has 5 N–H and O–H groups in total. The van der Waals surface area contributed by atoms with Crippen LogP contribution in [0.3, 0.4) is 0 Å². The van der Waals surface area contributed by atoms with Crippen molar-refractivity contribution in [1.29, 1.82) is 0 Å². The van der Waals surface area contributed by atoms with E-state index < -0.39 is 5.97 Å². The Hall–Kier alpha value is -1.44. The first-order valence-electron chi connectivity index (χ1n) is 7.03. The molecule has 132 valence electrons. The molecule has 0 aliphatic carbocycles. The molecule has 0 radical (unpaired) electrons. The van der Waals surface area contributed by atoms with Crippen molar-refractivity contribution in [3.05, 3.63) is 43.8 Å². The second-order valence-electron chi connectivity index (χ2n) is 4.85. The molecule has 6 nitrogen and oxygen atoms in total. The lowest BCUT2D eigenvalue weighted by Gasteiger charge is -2.11. The highest BCUT2D eigenvalue weighted by Crippen LogP contribution is 2.23. The normalized spacial score (nSPS) is 13.0. The Labute approximate surface area is 159 Å². The van der Waals surface area contributed by atoms with Crippen molar-refractivity contribution in [3.63, 3.8) is 0 Å². The number of nitrogens with two attached hydrogens (primary N) is 2. The van der Waals surface area contributed by atoms with E-state index in [9.17, 15) is 4.79 Å². The largest absolute Gasteiger partial charge is 0.464 e. The molecule has 1 aromatic rings. The number of ether oxygens (including phenoxy) is 1. The minimum Gasteiger partial charge on any atom is -0.464 e. The molecular formula is C15H19BrCl2N4O2. The molecule has 0 fully saturated rings. The van der Waals surface area contributed by atoms with Crippen molar-refractivity contribution in [2.24, 2.45) is 11.5 Å². The number of rotatable bonds is 7. The molecule has 0 spiro atoms. The number of esters is 1. The van der Waals surface area contributed by atoms with Gasteiger partial charge in [0.1, 0.15) is 16.1 Å². The van der Waals surface area contributed by atoms with Crippen LogP contribution in [0.4, 0.5) is 5.82 Å². The molecule has 1 rings (SSSR count). The molecule has 9 heteroatoms. The fraction of sp³-hybridized carbons (Fsp3) is 0.333. The Morgan fingerprint density at radius 1 is 1.33 bits per heavy atom. The number of aromatic nitrogens is 1. The number of nitrogens with one attached hydrogen (secondary N) is 1. The first-order valence-corrected chi connectivity index (χ1v) is 8.57. The minimum atomic E-state index is -0.510. The lowest BCUT2D eigenvalue weighted by molar-refractivity contribution is 0.0593. The van der Waals surface area contributed by atoms with Crippen LogP contribution in [-0.2, 0) is 4.74 Å². The predicted octanol–water partition coefficient (Wildman–Crippen LogP) is 3.66. The van der Waals surface area contributed by atoms with Crippen LogP contribution in [0.15, 0.2) is 38.1 Å². The lowest BCUT2D eigenvalue weighted by Crippen LogP contribution is -2.10. The molecule has 0 saturated heterocycles. The van der Waals surface area contributed by atoms with E-state index in [1.165, 1.54) is 7.11 Å². The molecule has 0 atom stereocenters. The van der Waals surface area contributed by atoms with Crippen LogP contribution in [0.2, 0.25) is 0 Å². The summed E-state index contributed by atoms with van der Waals surface area (Å²) in [5.74, 6) is 0.0519. The van der Waals surface area contributed by atoms with Gasteiger partial charge in [0.25, 0.3) is 0 Å². The topological polar surface area (TPSA) is 103 Å². The van der Waals surface area contributed by atoms with Crippen LogP contribution in [0.1, 0.15) is 30.3 Å². The number of nitrogens with zero attached hydrogens (tertiary/aromatic N) is 1. The Morgan fingerprint density at radius 2 is 2.00 bits per heavy atom. The van der Waals surface area contributed by atoms with Gasteiger partial charge in [0.2, 0.25) is 0 Å². The van der Waals surface area contributed by atoms with Crippen LogP contribution < -0.4 is 16.8 Å². The Kier molecular flexibility index (Phi) is 8.38. The molecule has 1 heterocycles. The molecule has 0 saturated carbocycles. The second kappa shape index (κ2) is 9.76. The maximum absolute atomic E-state index is 11.6. The minimum absolute atomic E-state index is 0.166. The van der Waals surface area contributed by atoms with Crippen LogP contribution in [-0.4, -0.2) is 24.6 Å². The van der Waals surface area contributed by atoms with Crippen LogP contribution in [0.5, 0.6) is 0 Å². The Bertz CT molecular complexity index is 669. The van der Waals surface area contributed by atoms with E-state index in [4.69, 9.17) is 34.7 Å². The average molecular weight is 438 g/mol. The first-order chi connectivity index (χ1) is 11.3. The van der Waals surface area contributed by atoms with E-state index in [0.29, 0.717) is 34.4 Å². The maximum Gasteiger partial charge on any atom is 0.357 e. The van der Waals surface area contributed by atoms with Crippen molar-refractivity contribution >= 4 is 50.9 Å². The zero-order chi connectivity index (χ0) is 18.3. The summed E-state index contributed by atoms with van der Waals surface area (Å²) >= 11 is 14.9. The van der Waals surface area contributed by atoms with Gasteiger partial charge in [-0.25, -0.2) is 9.78 Å². The molecular weight excluding hydrogens is 419 g/mol. The second-order valence-corrected chi connectivity index (χ2v) is 6.52. The summed E-state index contributed by atoms with van der Waals surface area (Å²) in [6.45, 7) is 2.36. The van der Waals surface area contributed by atoms with Gasteiger partial charge in [-0.2, -0.15) is 0 Å². The van der Waals surface area contributed by atoms with E-state index in [1.807, 2.05) is 0 Å². The fourth-order valence-electron chi connectivity index (χ4n) is 1.89. The van der Waals surface area contributed by atoms with Crippen molar-refractivity contribution in [2.75, 3.05) is 19.0 Å². The van der Waals surface area contributed by atoms with Crippen molar-refractivity contribution in [2.45, 2.75) is 19.8 Å². The van der Waals surface area contributed by atoms with Crippen molar-refractivity contribution in [1.82, 2.24) is 4.98 Å². The summed E-state index contributed by atoms with van der Waals surface area (Å²) in [4.78, 5) is 15.8. The van der Waals surface area contributed by atoms with Gasteiger partial charge in [0.15, 0.2) is 5.69 Å². The molecule has 24 heavy (non-hydrogen) atoms. The predicted molar refractivity (Wildman–Crippen MR) is 101 cm³/mol. The monoisotopic (exact) mass is 436 g/mol.